The number of anilines is 2. The summed E-state index contributed by atoms with van der Waals surface area (Å²) < 4.78 is 0. The molecular weight excluding hydrogens is 454 g/mol. The molecule has 0 bridgehead atoms. The van der Waals surface area contributed by atoms with Crippen LogP contribution in [0, 0.1) is 0 Å². The first-order valence-corrected chi connectivity index (χ1v) is 11.9. The molecule has 3 aromatic rings. The lowest BCUT2D eigenvalue weighted by Gasteiger charge is -2.29. The third-order valence-electron chi connectivity index (χ3n) is 5.42. The maximum absolute atomic E-state index is 13.4. The van der Waals surface area contributed by atoms with E-state index in [1.165, 1.54) is 17.3 Å². The van der Waals surface area contributed by atoms with Gasteiger partial charge in [-0.2, -0.15) is 0 Å². The Bertz CT molecular complexity index is 1180. The number of para-hydroxylation sites is 2. The predicted molar refractivity (Wildman–Crippen MR) is 141 cm³/mol. The Morgan fingerprint density at radius 2 is 1.58 bits per heavy atom. The van der Waals surface area contributed by atoms with Crippen LogP contribution in [-0.4, -0.2) is 35.8 Å². The van der Waals surface area contributed by atoms with Crippen LogP contribution in [0.2, 0.25) is 0 Å². The largest absolute Gasteiger partial charge is 0.343 e. The van der Waals surface area contributed by atoms with E-state index < -0.39 is 0 Å². The molecule has 0 fully saturated rings. The molecule has 1 aromatic heterocycles. The average molecular weight is 486 g/mol. The third-order valence-corrected chi connectivity index (χ3v) is 5.42. The first kappa shape index (κ1) is 26.3. The van der Waals surface area contributed by atoms with Crippen LogP contribution in [0.1, 0.15) is 35.7 Å². The van der Waals surface area contributed by atoms with Gasteiger partial charge in [0.25, 0.3) is 11.8 Å². The second-order valence-electron chi connectivity index (χ2n) is 7.95. The van der Waals surface area contributed by atoms with Crippen molar-refractivity contribution in [2.24, 2.45) is 5.73 Å². The molecule has 1 heterocycles. The molecule has 8 heteroatoms. The van der Waals surface area contributed by atoms with Crippen LogP contribution in [0.5, 0.6) is 0 Å². The lowest BCUT2D eigenvalue weighted by Crippen LogP contribution is -2.39. The zero-order valence-electron chi connectivity index (χ0n) is 20.3. The van der Waals surface area contributed by atoms with E-state index in [0.717, 1.165) is 5.56 Å². The number of aromatic nitrogens is 1. The highest BCUT2D eigenvalue weighted by molar-refractivity contribution is 6.05. The van der Waals surface area contributed by atoms with Crippen molar-refractivity contribution in [2.75, 3.05) is 22.9 Å². The Balaban J connectivity index is 1.92. The van der Waals surface area contributed by atoms with E-state index in [4.69, 9.17) is 5.73 Å². The minimum absolute atomic E-state index is 0.0735. The second kappa shape index (κ2) is 13.6. The highest BCUT2D eigenvalue weighted by atomic mass is 16.2. The number of pyridine rings is 1. The quantitative estimate of drug-likeness (QED) is 0.431. The monoisotopic (exact) mass is 485 g/mol. The molecule has 36 heavy (non-hydrogen) atoms. The fraction of sp³-hybridized carbons (Fsp3) is 0.214. The van der Waals surface area contributed by atoms with Crippen molar-refractivity contribution in [1.82, 2.24) is 10.3 Å². The Hall–Kier alpha value is -4.30. The Morgan fingerprint density at radius 1 is 0.917 bits per heavy atom. The molecule has 0 radical (unpaired) electrons. The maximum Gasteiger partial charge on any atom is 0.251 e. The van der Waals surface area contributed by atoms with Gasteiger partial charge >= 0.3 is 0 Å². The van der Waals surface area contributed by atoms with Crippen LogP contribution >= 0.6 is 0 Å². The number of hydrogen-bond donors (Lipinski definition) is 2. The molecular formula is C28H31N5O3. The van der Waals surface area contributed by atoms with Gasteiger partial charge < -0.3 is 16.0 Å². The van der Waals surface area contributed by atoms with Crippen molar-refractivity contribution < 1.29 is 14.4 Å². The fourth-order valence-electron chi connectivity index (χ4n) is 3.58. The molecule has 8 nitrogen and oxygen atoms in total. The van der Waals surface area contributed by atoms with Gasteiger partial charge in [-0.1, -0.05) is 55.5 Å². The van der Waals surface area contributed by atoms with Gasteiger partial charge in [-0.15, -0.1) is 0 Å². The van der Waals surface area contributed by atoms with Gasteiger partial charge in [0.2, 0.25) is 5.91 Å². The summed E-state index contributed by atoms with van der Waals surface area (Å²) in [7, 11) is 0. The van der Waals surface area contributed by atoms with E-state index in [2.05, 4.69) is 10.3 Å². The third kappa shape index (κ3) is 7.10. The molecule has 2 aromatic carbocycles. The van der Waals surface area contributed by atoms with Gasteiger partial charge in [0.1, 0.15) is 0 Å². The zero-order valence-corrected chi connectivity index (χ0v) is 20.3. The van der Waals surface area contributed by atoms with Crippen LogP contribution in [-0.2, 0) is 16.1 Å². The van der Waals surface area contributed by atoms with Crippen molar-refractivity contribution in [1.29, 1.82) is 0 Å². The summed E-state index contributed by atoms with van der Waals surface area (Å²) in [6.45, 7) is 2.36. The van der Waals surface area contributed by atoms with E-state index in [0.29, 0.717) is 42.9 Å². The first-order chi connectivity index (χ1) is 17.5. The van der Waals surface area contributed by atoms with Crippen LogP contribution in [0.4, 0.5) is 11.4 Å². The van der Waals surface area contributed by atoms with Gasteiger partial charge in [0.05, 0.1) is 24.5 Å². The number of carbonyl (C=O) groups excluding carboxylic acids is 3. The van der Waals surface area contributed by atoms with E-state index in [-0.39, 0.29) is 24.3 Å². The summed E-state index contributed by atoms with van der Waals surface area (Å²) in [6, 6.07) is 20.1. The van der Waals surface area contributed by atoms with Gasteiger partial charge in [-0.3, -0.25) is 24.3 Å². The Morgan fingerprint density at radius 3 is 2.25 bits per heavy atom. The molecule has 0 atom stereocenters. The number of benzene rings is 2. The molecule has 3 amide bonds. The molecule has 0 saturated carbocycles. The molecule has 0 saturated heterocycles. The molecule has 3 N–H and O–H groups in total. The topological polar surface area (TPSA) is 109 Å². The van der Waals surface area contributed by atoms with E-state index in [1.807, 2.05) is 55.5 Å². The van der Waals surface area contributed by atoms with Crippen LogP contribution in [0.25, 0.3) is 0 Å². The first-order valence-electron chi connectivity index (χ1n) is 11.9. The van der Waals surface area contributed by atoms with Gasteiger partial charge in [-0.25, -0.2) is 0 Å². The number of carbonyl (C=O) groups is 3. The SMILES string of the molecule is CCC(=O)N(Cc1ccccc1)c1ccccc1N(/C=C/CCN)C(=O)CNC(=O)c1ccncc1. The maximum atomic E-state index is 13.4. The van der Waals surface area contributed by atoms with Crippen molar-refractivity contribution in [3.8, 4) is 0 Å². The minimum Gasteiger partial charge on any atom is -0.343 e. The number of rotatable bonds is 11. The summed E-state index contributed by atoms with van der Waals surface area (Å²) in [6.07, 6.45) is 7.34. The standard InChI is InChI=1S/C28H31N5O3/c1-2-26(34)33(21-22-10-4-3-5-11-22)25-13-7-6-12-24(25)32(19-9-8-16-29)27(35)20-31-28(36)23-14-17-30-18-15-23/h3-7,9-15,17-19H,2,8,16,20-21,29H2,1H3,(H,31,36)/b19-9+. The molecule has 3 rings (SSSR count). The predicted octanol–water partition coefficient (Wildman–Crippen LogP) is 3.65. The number of nitrogens with two attached hydrogens (primary N) is 1. The summed E-state index contributed by atoms with van der Waals surface area (Å²) in [4.78, 5) is 45.9. The number of hydrogen-bond acceptors (Lipinski definition) is 5. The molecule has 0 aliphatic heterocycles. The van der Waals surface area contributed by atoms with Crippen molar-refractivity contribution in [3.63, 3.8) is 0 Å². The van der Waals surface area contributed by atoms with E-state index in [9.17, 15) is 14.4 Å². The van der Waals surface area contributed by atoms with Crippen LogP contribution < -0.4 is 20.9 Å². The normalized spacial score (nSPS) is 10.7. The molecule has 0 spiro atoms. The minimum atomic E-state index is -0.378. The summed E-state index contributed by atoms with van der Waals surface area (Å²) >= 11 is 0. The summed E-state index contributed by atoms with van der Waals surface area (Å²) in [5, 5.41) is 2.66. The second-order valence-corrected chi connectivity index (χ2v) is 7.95. The number of amides is 3. The van der Waals surface area contributed by atoms with Crippen molar-refractivity contribution in [2.45, 2.75) is 26.3 Å². The molecule has 0 aliphatic carbocycles. The van der Waals surface area contributed by atoms with Crippen LogP contribution in [0.3, 0.4) is 0 Å². The number of nitrogens with one attached hydrogen (secondary N) is 1. The fourth-order valence-corrected chi connectivity index (χ4v) is 3.58. The van der Waals surface area contributed by atoms with Gasteiger partial charge in [0, 0.05) is 30.6 Å². The molecule has 0 aliphatic rings. The average Bonchev–Trinajstić information content (AvgIpc) is 2.93. The van der Waals surface area contributed by atoms with Gasteiger partial charge in [-0.05, 0) is 42.8 Å². The van der Waals surface area contributed by atoms with Crippen LogP contribution in [0.15, 0.2) is 91.4 Å². The Labute approximate surface area is 211 Å². The summed E-state index contributed by atoms with van der Waals surface area (Å²) in [5.74, 6) is -0.811. The van der Waals surface area contributed by atoms with E-state index in [1.54, 1.807) is 35.4 Å². The highest BCUT2D eigenvalue weighted by Crippen LogP contribution is 2.31. The zero-order chi connectivity index (χ0) is 25.8. The van der Waals surface area contributed by atoms with Crippen molar-refractivity contribution in [3.05, 3.63) is 103 Å². The Kier molecular flexibility index (Phi) is 9.90. The number of nitrogens with zero attached hydrogens (tertiary/aromatic N) is 3. The lowest BCUT2D eigenvalue weighted by atomic mass is 10.1. The highest BCUT2D eigenvalue weighted by Gasteiger charge is 2.23. The molecule has 186 valence electrons. The van der Waals surface area contributed by atoms with Gasteiger partial charge in [0.15, 0.2) is 0 Å². The van der Waals surface area contributed by atoms with Crippen molar-refractivity contribution >= 4 is 29.1 Å². The van der Waals surface area contributed by atoms with E-state index >= 15 is 0 Å². The molecule has 0 unspecified atom stereocenters. The smallest absolute Gasteiger partial charge is 0.251 e. The lowest BCUT2D eigenvalue weighted by molar-refractivity contribution is -0.119. The summed E-state index contributed by atoms with van der Waals surface area (Å²) in [5.41, 5.74) is 8.15.